The van der Waals surface area contributed by atoms with Crippen molar-refractivity contribution in [1.82, 2.24) is 10.1 Å². The van der Waals surface area contributed by atoms with E-state index in [-0.39, 0.29) is 4.90 Å². The van der Waals surface area contributed by atoms with Gasteiger partial charge in [0.05, 0.1) is 4.90 Å². The van der Waals surface area contributed by atoms with Crippen molar-refractivity contribution >= 4 is 15.7 Å². The van der Waals surface area contributed by atoms with Crippen molar-refractivity contribution in [2.45, 2.75) is 17.7 Å². The lowest BCUT2D eigenvalue weighted by Gasteiger charge is -2.18. The maximum atomic E-state index is 11.5. The largest absolute Gasteiger partial charge is 0.370 e. The SMILES string of the molecule is NS(=O)(=O)c1ccc2c(c1)CCN2CCc1nc(-c2ccccc2)no1. The minimum Gasteiger partial charge on any atom is -0.370 e. The molecule has 1 aliphatic rings. The third-order valence-corrected chi connectivity index (χ3v) is 5.38. The first kappa shape index (κ1) is 16.7. The zero-order chi connectivity index (χ0) is 18.1. The summed E-state index contributed by atoms with van der Waals surface area (Å²) in [5, 5.41) is 9.23. The van der Waals surface area contributed by atoms with Crippen LogP contribution in [0.1, 0.15) is 11.5 Å². The zero-order valence-electron chi connectivity index (χ0n) is 14.0. The molecule has 2 N–H and O–H groups in total. The van der Waals surface area contributed by atoms with Gasteiger partial charge in [0, 0.05) is 30.8 Å². The van der Waals surface area contributed by atoms with Gasteiger partial charge in [-0.25, -0.2) is 13.6 Å². The van der Waals surface area contributed by atoms with Crippen LogP contribution >= 0.6 is 0 Å². The van der Waals surface area contributed by atoms with Gasteiger partial charge in [0.25, 0.3) is 0 Å². The molecule has 2 aromatic carbocycles. The monoisotopic (exact) mass is 370 g/mol. The summed E-state index contributed by atoms with van der Waals surface area (Å²) in [4.78, 5) is 6.79. The van der Waals surface area contributed by atoms with Gasteiger partial charge < -0.3 is 9.42 Å². The summed E-state index contributed by atoms with van der Waals surface area (Å²) in [5.74, 6) is 1.17. The van der Waals surface area contributed by atoms with Crippen molar-refractivity contribution in [3.05, 3.63) is 60.0 Å². The molecule has 2 heterocycles. The number of hydrogen-bond acceptors (Lipinski definition) is 6. The maximum Gasteiger partial charge on any atom is 0.238 e. The molecule has 0 amide bonds. The third kappa shape index (κ3) is 3.33. The van der Waals surface area contributed by atoms with E-state index >= 15 is 0 Å². The van der Waals surface area contributed by atoms with Crippen LogP contribution in [0.5, 0.6) is 0 Å². The fourth-order valence-electron chi connectivity index (χ4n) is 3.15. The van der Waals surface area contributed by atoms with Gasteiger partial charge in [0.1, 0.15) is 0 Å². The molecule has 26 heavy (non-hydrogen) atoms. The van der Waals surface area contributed by atoms with Gasteiger partial charge >= 0.3 is 0 Å². The Balaban J connectivity index is 1.45. The van der Waals surface area contributed by atoms with E-state index in [0.29, 0.717) is 18.1 Å². The van der Waals surface area contributed by atoms with Crippen LogP contribution < -0.4 is 10.0 Å². The molecule has 4 rings (SSSR count). The molecule has 3 aromatic rings. The second kappa shape index (κ2) is 6.54. The predicted molar refractivity (Wildman–Crippen MR) is 97.2 cm³/mol. The van der Waals surface area contributed by atoms with E-state index in [0.717, 1.165) is 36.3 Å². The molecular weight excluding hydrogens is 352 g/mol. The highest BCUT2D eigenvalue weighted by atomic mass is 32.2. The van der Waals surface area contributed by atoms with Gasteiger partial charge in [0.2, 0.25) is 21.7 Å². The van der Waals surface area contributed by atoms with Gasteiger partial charge in [0.15, 0.2) is 0 Å². The van der Waals surface area contributed by atoms with Crippen LogP contribution in [0.25, 0.3) is 11.4 Å². The smallest absolute Gasteiger partial charge is 0.238 e. The molecule has 0 unspecified atom stereocenters. The number of primary sulfonamides is 1. The lowest BCUT2D eigenvalue weighted by molar-refractivity contribution is 0.379. The lowest BCUT2D eigenvalue weighted by atomic mass is 10.2. The van der Waals surface area contributed by atoms with Crippen molar-refractivity contribution < 1.29 is 12.9 Å². The van der Waals surface area contributed by atoms with Crippen molar-refractivity contribution in [1.29, 1.82) is 0 Å². The molecule has 134 valence electrons. The van der Waals surface area contributed by atoms with Gasteiger partial charge in [-0.2, -0.15) is 4.98 Å². The van der Waals surface area contributed by atoms with Gasteiger partial charge in [-0.15, -0.1) is 0 Å². The number of rotatable bonds is 5. The Labute approximate surface area is 151 Å². The highest BCUT2D eigenvalue weighted by molar-refractivity contribution is 7.89. The Bertz CT molecular complexity index is 1030. The topological polar surface area (TPSA) is 102 Å². The van der Waals surface area contributed by atoms with Crippen LogP contribution in [-0.4, -0.2) is 31.6 Å². The minimum absolute atomic E-state index is 0.155. The number of fused-ring (bicyclic) bond motifs is 1. The molecular formula is C18H18N4O3S. The summed E-state index contributed by atoms with van der Waals surface area (Å²) >= 11 is 0. The van der Waals surface area contributed by atoms with E-state index in [1.54, 1.807) is 12.1 Å². The molecule has 0 fully saturated rings. The van der Waals surface area contributed by atoms with Crippen LogP contribution in [0.4, 0.5) is 5.69 Å². The first-order valence-corrected chi connectivity index (χ1v) is 9.84. The van der Waals surface area contributed by atoms with Crippen molar-refractivity contribution in [2.24, 2.45) is 5.14 Å². The molecule has 1 aromatic heterocycles. The third-order valence-electron chi connectivity index (χ3n) is 4.47. The molecule has 0 spiro atoms. The standard InChI is InChI=1S/C18H18N4O3S/c19-26(23,24)15-6-7-16-14(12-15)8-10-22(16)11-9-17-20-18(21-25-17)13-4-2-1-3-5-13/h1-7,12H,8-11H2,(H2,19,23,24). The average Bonchev–Trinajstić information content (AvgIpc) is 3.26. The summed E-state index contributed by atoms with van der Waals surface area (Å²) in [6.07, 6.45) is 1.41. The highest BCUT2D eigenvalue weighted by Crippen LogP contribution is 2.30. The van der Waals surface area contributed by atoms with E-state index in [9.17, 15) is 8.42 Å². The van der Waals surface area contributed by atoms with E-state index in [1.807, 2.05) is 36.4 Å². The first-order chi connectivity index (χ1) is 12.5. The van der Waals surface area contributed by atoms with Crippen LogP contribution in [0, 0.1) is 0 Å². The Morgan fingerprint density at radius 1 is 1.15 bits per heavy atom. The number of nitrogens with two attached hydrogens (primary N) is 1. The normalized spacial score (nSPS) is 13.8. The van der Waals surface area contributed by atoms with E-state index in [4.69, 9.17) is 9.66 Å². The van der Waals surface area contributed by atoms with Gasteiger partial charge in [-0.1, -0.05) is 35.5 Å². The molecule has 0 saturated heterocycles. The number of sulfonamides is 1. The fraction of sp³-hybridized carbons (Fsp3) is 0.222. The number of anilines is 1. The van der Waals surface area contributed by atoms with Crippen molar-refractivity contribution in [2.75, 3.05) is 18.0 Å². The van der Waals surface area contributed by atoms with Crippen molar-refractivity contribution in [3.63, 3.8) is 0 Å². The summed E-state index contributed by atoms with van der Waals surface area (Å²) in [6, 6.07) is 14.7. The Morgan fingerprint density at radius 3 is 2.73 bits per heavy atom. The fourth-order valence-corrected chi connectivity index (χ4v) is 3.71. The zero-order valence-corrected chi connectivity index (χ0v) is 14.8. The number of nitrogens with zero attached hydrogens (tertiary/aromatic N) is 3. The molecule has 0 aliphatic carbocycles. The van der Waals surface area contributed by atoms with Gasteiger partial charge in [-0.05, 0) is 30.2 Å². The quantitative estimate of drug-likeness (QED) is 0.737. The van der Waals surface area contributed by atoms with E-state index in [2.05, 4.69) is 15.0 Å². The van der Waals surface area contributed by atoms with Crippen LogP contribution in [0.15, 0.2) is 57.9 Å². The molecule has 0 saturated carbocycles. The molecule has 0 atom stereocenters. The molecule has 1 aliphatic heterocycles. The minimum atomic E-state index is -3.67. The Kier molecular flexibility index (Phi) is 4.21. The average molecular weight is 370 g/mol. The molecule has 7 nitrogen and oxygen atoms in total. The molecule has 0 bridgehead atoms. The highest BCUT2D eigenvalue weighted by Gasteiger charge is 2.22. The maximum absolute atomic E-state index is 11.5. The summed E-state index contributed by atoms with van der Waals surface area (Å²) in [5.41, 5.74) is 2.94. The van der Waals surface area contributed by atoms with Crippen LogP contribution in [0.2, 0.25) is 0 Å². The number of aromatic nitrogens is 2. The Morgan fingerprint density at radius 2 is 1.96 bits per heavy atom. The first-order valence-electron chi connectivity index (χ1n) is 8.29. The molecule has 0 radical (unpaired) electrons. The van der Waals surface area contributed by atoms with Crippen LogP contribution in [0.3, 0.4) is 0 Å². The second-order valence-electron chi connectivity index (χ2n) is 6.20. The molecule has 8 heteroatoms. The van der Waals surface area contributed by atoms with Gasteiger partial charge in [-0.3, -0.25) is 0 Å². The number of benzene rings is 2. The summed E-state index contributed by atoms with van der Waals surface area (Å²) in [7, 11) is -3.67. The summed E-state index contributed by atoms with van der Waals surface area (Å²) in [6.45, 7) is 1.54. The predicted octanol–water partition coefficient (Wildman–Crippen LogP) is 1.99. The summed E-state index contributed by atoms with van der Waals surface area (Å²) < 4.78 is 28.3. The second-order valence-corrected chi connectivity index (χ2v) is 7.76. The lowest BCUT2D eigenvalue weighted by Crippen LogP contribution is -2.23. The van der Waals surface area contributed by atoms with Crippen molar-refractivity contribution in [3.8, 4) is 11.4 Å². The number of hydrogen-bond donors (Lipinski definition) is 1. The van der Waals surface area contributed by atoms with Crippen LogP contribution in [-0.2, 0) is 22.9 Å². The van der Waals surface area contributed by atoms with E-state index in [1.165, 1.54) is 0 Å². The van der Waals surface area contributed by atoms with E-state index < -0.39 is 10.0 Å². The Hall–Kier alpha value is -2.71.